The molecule has 2 N–H and O–H groups in total. The predicted octanol–water partition coefficient (Wildman–Crippen LogP) is 5.41. The second-order valence-electron chi connectivity index (χ2n) is 6.64. The number of carbonyl (C=O) groups excluding carboxylic acids is 1. The van der Waals surface area contributed by atoms with E-state index in [0.717, 1.165) is 6.20 Å². The van der Waals surface area contributed by atoms with Gasteiger partial charge in [0.2, 0.25) is 0 Å². The Balaban J connectivity index is 1.62. The summed E-state index contributed by atoms with van der Waals surface area (Å²) >= 11 is 0. The van der Waals surface area contributed by atoms with Gasteiger partial charge < -0.3 is 10.3 Å². The minimum absolute atomic E-state index is 0.107. The minimum atomic E-state index is -4.62. The number of halogens is 3. The number of hydrogen-bond donors (Lipinski definition) is 2. The lowest BCUT2D eigenvalue weighted by Crippen LogP contribution is -2.12. The minimum Gasteiger partial charge on any atom is -0.350 e. The first kappa shape index (κ1) is 20.1. The van der Waals surface area contributed by atoms with Crippen LogP contribution in [-0.2, 0) is 6.18 Å². The largest absolute Gasteiger partial charge is 0.433 e. The number of rotatable bonds is 4. The van der Waals surface area contributed by atoms with Gasteiger partial charge in [0.05, 0.1) is 10.4 Å². The van der Waals surface area contributed by atoms with Gasteiger partial charge in [0.15, 0.2) is 5.69 Å². The summed E-state index contributed by atoms with van der Waals surface area (Å²) in [6.07, 6.45) is -3.55. The molecule has 0 unspecified atom stereocenters. The van der Waals surface area contributed by atoms with Crippen molar-refractivity contribution in [2.75, 3.05) is 5.32 Å². The molecule has 2 aromatic heterocycles. The Hall–Kier alpha value is -4.21. The molecule has 156 valence electrons. The Labute approximate surface area is 172 Å². The van der Waals surface area contributed by atoms with E-state index in [1.54, 1.807) is 6.07 Å². The molecule has 7 nitrogen and oxygen atoms in total. The Kier molecular flexibility index (Phi) is 4.90. The van der Waals surface area contributed by atoms with Crippen molar-refractivity contribution in [3.05, 3.63) is 88.4 Å². The van der Waals surface area contributed by atoms with Gasteiger partial charge in [-0.3, -0.25) is 19.9 Å². The van der Waals surface area contributed by atoms with Crippen LogP contribution in [0.25, 0.3) is 22.0 Å². The molecule has 0 atom stereocenters. The number of H-pyrrole nitrogens is 1. The molecule has 10 heteroatoms. The van der Waals surface area contributed by atoms with E-state index in [4.69, 9.17) is 0 Å². The highest BCUT2D eigenvalue weighted by molar-refractivity contribution is 6.06. The highest BCUT2D eigenvalue weighted by Crippen LogP contribution is 2.36. The first-order valence-electron chi connectivity index (χ1n) is 8.93. The van der Waals surface area contributed by atoms with Crippen molar-refractivity contribution < 1.29 is 22.9 Å². The number of aromatic amines is 1. The van der Waals surface area contributed by atoms with Gasteiger partial charge in [-0.15, -0.1) is 0 Å². The molecule has 2 heterocycles. The van der Waals surface area contributed by atoms with E-state index in [2.05, 4.69) is 15.3 Å². The summed E-state index contributed by atoms with van der Waals surface area (Å²) in [5, 5.41) is 14.1. The summed E-state index contributed by atoms with van der Waals surface area (Å²) in [6.45, 7) is 0. The van der Waals surface area contributed by atoms with E-state index < -0.39 is 22.7 Å². The molecule has 0 fully saturated rings. The number of benzene rings is 2. The van der Waals surface area contributed by atoms with Gasteiger partial charge in [-0.1, -0.05) is 18.2 Å². The predicted molar refractivity (Wildman–Crippen MR) is 108 cm³/mol. The molecule has 2 aromatic carbocycles. The average molecular weight is 426 g/mol. The van der Waals surface area contributed by atoms with Crippen molar-refractivity contribution >= 4 is 28.2 Å². The maximum absolute atomic E-state index is 13.3. The molecule has 0 saturated carbocycles. The molecular formula is C21H13F3N4O3. The normalized spacial score (nSPS) is 11.5. The van der Waals surface area contributed by atoms with Gasteiger partial charge in [0, 0.05) is 35.0 Å². The van der Waals surface area contributed by atoms with Crippen LogP contribution in [0.2, 0.25) is 0 Å². The third-order valence-electron chi connectivity index (χ3n) is 4.57. The van der Waals surface area contributed by atoms with Crippen LogP contribution in [0, 0.1) is 10.1 Å². The van der Waals surface area contributed by atoms with Crippen LogP contribution in [-0.4, -0.2) is 20.8 Å². The molecule has 0 spiro atoms. The standard InChI is InChI=1S/C21H13F3N4O3/c22-21(23,24)19-16(5-2-8-25-19)12-3-1-4-14(9-12)26-20(29)18-10-13-6-7-15(28(30)31)11-17(13)27-18/h1-11,27H,(H,26,29). The number of pyridine rings is 1. The molecule has 4 rings (SSSR count). The third-order valence-corrected chi connectivity index (χ3v) is 4.57. The van der Waals surface area contributed by atoms with Gasteiger partial charge in [-0.2, -0.15) is 13.2 Å². The van der Waals surface area contributed by atoms with E-state index in [0.29, 0.717) is 10.9 Å². The van der Waals surface area contributed by atoms with Crippen LogP contribution in [0.4, 0.5) is 24.5 Å². The summed E-state index contributed by atoms with van der Waals surface area (Å²) < 4.78 is 39.8. The number of nitrogens with zero attached hydrogens (tertiary/aromatic N) is 2. The molecule has 4 aromatic rings. The molecule has 0 aliphatic heterocycles. The van der Waals surface area contributed by atoms with Gasteiger partial charge in [0.25, 0.3) is 11.6 Å². The third kappa shape index (κ3) is 4.08. The Morgan fingerprint density at radius 3 is 2.61 bits per heavy atom. The molecule has 31 heavy (non-hydrogen) atoms. The van der Waals surface area contributed by atoms with Crippen molar-refractivity contribution in [2.45, 2.75) is 6.18 Å². The summed E-state index contributed by atoms with van der Waals surface area (Å²) in [7, 11) is 0. The SMILES string of the molecule is O=C(Nc1cccc(-c2cccnc2C(F)(F)F)c1)c1cc2ccc([N+](=O)[O-])cc2[nH]1. The average Bonchev–Trinajstić information content (AvgIpc) is 3.17. The van der Waals surface area contributed by atoms with Gasteiger partial charge >= 0.3 is 6.18 Å². The smallest absolute Gasteiger partial charge is 0.350 e. The molecule has 0 bridgehead atoms. The monoisotopic (exact) mass is 426 g/mol. The lowest BCUT2D eigenvalue weighted by atomic mass is 10.0. The number of fused-ring (bicyclic) bond motifs is 1. The lowest BCUT2D eigenvalue weighted by molar-refractivity contribution is -0.384. The molecule has 0 aliphatic rings. The number of nitro benzene ring substituents is 1. The fourth-order valence-corrected chi connectivity index (χ4v) is 3.18. The van der Waals surface area contributed by atoms with Crippen LogP contribution in [0.5, 0.6) is 0 Å². The van der Waals surface area contributed by atoms with Crippen molar-refractivity contribution in [1.82, 2.24) is 9.97 Å². The second-order valence-corrected chi connectivity index (χ2v) is 6.64. The van der Waals surface area contributed by atoms with E-state index in [1.807, 2.05) is 0 Å². The summed E-state index contributed by atoms with van der Waals surface area (Å²) in [5.41, 5.74) is -0.156. The molecule has 0 radical (unpaired) electrons. The van der Waals surface area contributed by atoms with E-state index >= 15 is 0 Å². The summed E-state index contributed by atoms with van der Waals surface area (Å²) in [4.78, 5) is 29.2. The van der Waals surface area contributed by atoms with Gasteiger partial charge in [-0.25, -0.2) is 0 Å². The molecule has 0 saturated heterocycles. The summed E-state index contributed by atoms with van der Waals surface area (Å²) in [6, 6.07) is 14.4. The zero-order chi connectivity index (χ0) is 22.2. The second kappa shape index (κ2) is 7.56. The Bertz CT molecular complexity index is 1310. The van der Waals surface area contributed by atoms with Crippen LogP contribution in [0.15, 0.2) is 66.9 Å². The number of aromatic nitrogens is 2. The number of nitrogens with one attached hydrogen (secondary N) is 2. The van der Waals surface area contributed by atoms with Gasteiger partial charge in [-0.05, 0) is 35.9 Å². The van der Waals surface area contributed by atoms with Crippen LogP contribution in [0.3, 0.4) is 0 Å². The topological polar surface area (TPSA) is 101 Å². The van der Waals surface area contributed by atoms with Crippen LogP contribution in [0.1, 0.15) is 16.2 Å². The highest BCUT2D eigenvalue weighted by atomic mass is 19.4. The fraction of sp³-hybridized carbons (Fsp3) is 0.0476. The van der Waals surface area contributed by atoms with E-state index in [-0.39, 0.29) is 28.2 Å². The first-order chi connectivity index (χ1) is 14.7. The fourth-order valence-electron chi connectivity index (χ4n) is 3.18. The van der Waals surface area contributed by atoms with Crippen molar-refractivity contribution in [2.24, 2.45) is 0 Å². The maximum atomic E-state index is 13.3. The number of carbonyl (C=O) groups is 1. The Morgan fingerprint density at radius 1 is 1.06 bits per heavy atom. The number of nitro groups is 1. The number of alkyl halides is 3. The Morgan fingerprint density at radius 2 is 1.87 bits per heavy atom. The van der Waals surface area contributed by atoms with Crippen molar-refractivity contribution in [3.63, 3.8) is 0 Å². The first-order valence-corrected chi connectivity index (χ1v) is 8.93. The zero-order valence-corrected chi connectivity index (χ0v) is 15.6. The quantitative estimate of drug-likeness (QED) is 0.337. The molecular weight excluding hydrogens is 413 g/mol. The van der Waals surface area contributed by atoms with Crippen LogP contribution >= 0.6 is 0 Å². The zero-order valence-electron chi connectivity index (χ0n) is 15.6. The lowest BCUT2D eigenvalue weighted by Gasteiger charge is -2.12. The number of anilines is 1. The highest BCUT2D eigenvalue weighted by Gasteiger charge is 2.35. The number of amides is 1. The number of non-ortho nitro benzene ring substituents is 1. The molecule has 1 amide bonds. The summed E-state index contributed by atoms with van der Waals surface area (Å²) in [5.74, 6) is -0.543. The van der Waals surface area contributed by atoms with Crippen molar-refractivity contribution in [1.29, 1.82) is 0 Å². The van der Waals surface area contributed by atoms with E-state index in [9.17, 15) is 28.1 Å². The maximum Gasteiger partial charge on any atom is 0.433 e. The van der Waals surface area contributed by atoms with Gasteiger partial charge in [0.1, 0.15) is 5.69 Å². The van der Waals surface area contributed by atoms with Crippen molar-refractivity contribution in [3.8, 4) is 11.1 Å². The van der Waals surface area contributed by atoms with Crippen LogP contribution < -0.4 is 5.32 Å². The van der Waals surface area contributed by atoms with E-state index in [1.165, 1.54) is 54.6 Å². The number of hydrogen-bond acceptors (Lipinski definition) is 4. The molecule has 0 aliphatic carbocycles.